The van der Waals surface area contributed by atoms with E-state index in [4.69, 9.17) is 0 Å². The molecule has 0 aliphatic carbocycles. The zero-order valence-electron chi connectivity index (χ0n) is 8.47. The SMILES string of the molecule is CC=CCOC(=O)c1c(F)cc(F)cc1F. The second kappa shape index (κ2) is 5.34. The molecule has 86 valence electrons. The van der Waals surface area contributed by atoms with Crippen LogP contribution in [0.2, 0.25) is 0 Å². The normalized spacial score (nSPS) is 10.8. The quantitative estimate of drug-likeness (QED) is 0.589. The monoisotopic (exact) mass is 230 g/mol. The number of esters is 1. The van der Waals surface area contributed by atoms with Gasteiger partial charge in [-0.15, -0.1) is 0 Å². The van der Waals surface area contributed by atoms with Gasteiger partial charge in [0, 0.05) is 12.1 Å². The Hall–Kier alpha value is -1.78. The summed E-state index contributed by atoms with van der Waals surface area (Å²) in [6.07, 6.45) is 3.11. The highest BCUT2D eigenvalue weighted by atomic mass is 19.1. The Balaban J connectivity index is 2.91. The minimum atomic E-state index is -1.28. The number of hydrogen-bond donors (Lipinski definition) is 0. The summed E-state index contributed by atoms with van der Waals surface area (Å²) in [5.74, 6) is -4.79. The summed E-state index contributed by atoms with van der Waals surface area (Å²) in [5, 5.41) is 0. The summed E-state index contributed by atoms with van der Waals surface area (Å²) in [7, 11) is 0. The molecule has 5 heteroatoms. The molecule has 0 aliphatic rings. The van der Waals surface area contributed by atoms with E-state index < -0.39 is 29.0 Å². The molecule has 2 nitrogen and oxygen atoms in total. The van der Waals surface area contributed by atoms with Crippen LogP contribution in [0.1, 0.15) is 17.3 Å². The molecule has 16 heavy (non-hydrogen) atoms. The van der Waals surface area contributed by atoms with Gasteiger partial charge in [0.15, 0.2) is 0 Å². The molecular formula is C11H9F3O2. The fourth-order valence-electron chi connectivity index (χ4n) is 1.03. The van der Waals surface area contributed by atoms with Crippen LogP contribution < -0.4 is 0 Å². The Morgan fingerprint density at radius 2 is 1.88 bits per heavy atom. The molecule has 0 aliphatic heterocycles. The number of halogens is 3. The molecular weight excluding hydrogens is 221 g/mol. The second-order valence-electron chi connectivity index (χ2n) is 2.91. The van der Waals surface area contributed by atoms with Gasteiger partial charge in [-0.05, 0) is 6.92 Å². The van der Waals surface area contributed by atoms with E-state index >= 15 is 0 Å². The maximum absolute atomic E-state index is 13.1. The summed E-state index contributed by atoms with van der Waals surface area (Å²) in [5.41, 5.74) is -0.883. The number of carbonyl (C=O) groups is 1. The van der Waals surface area contributed by atoms with E-state index in [1.165, 1.54) is 6.08 Å². The Kier molecular flexibility index (Phi) is 4.10. The molecule has 0 spiro atoms. The van der Waals surface area contributed by atoms with Crippen LogP contribution in [0.25, 0.3) is 0 Å². The van der Waals surface area contributed by atoms with Gasteiger partial charge < -0.3 is 4.74 Å². The Morgan fingerprint density at radius 3 is 2.38 bits per heavy atom. The molecule has 0 saturated carbocycles. The lowest BCUT2D eigenvalue weighted by atomic mass is 10.2. The predicted octanol–water partition coefficient (Wildman–Crippen LogP) is 2.84. The molecule has 1 rings (SSSR count). The van der Waals surface area contributed by atoms with E-state index in [-0.39, 0.29) is 6.61 Å². The molecule has 0 unspecified atom stereocenters. The van der Waals surface area contributed by atoms with Gasteiger partial charge in [0.1, 0.15) is 29.6 Å². The van der Waals surface area contributed by atoms with E-state index in [1.807, 2.05) is 0 Å². The van der Waals surface area contributed by atoms with E-state index in [0.29, 0.717) is 12.1 Å². The number of rotatable bonds is 3. The van der Waals surface area contributed by atoms with E-state index in [2.05, 4.69) is 4.74 Å². The minimum Gasteiger partial charge on any atom is -0.458 e. The first kappa shape index (κ1) is 12.3. The van der Waals surface area contributed by atoms with Gasteiger partial charge in [0.25, 0.3) is 0 Å². The summed E-state index contributed by atoms with van der Waals surface area (Å²) in [6, 6.07) is 0.852. The van der Waals surface area contributed by atoms with Crippen LogP contribution in [0, 0.1) is 17.5 Å². The van der Waals surface area contributed by atoms with Gasteiger partial charge in [-0.1, -0.05) is 12.2 Å². The molecule has 0 bridgehead atoms. The summed E-state index contributed by atoms with van der Waals surface area (Å²) >= 11 is 0. The van der Waals surface area contributed by atoms with Crippen LogP contribution in [-0.4, -0.2) is 12.6 Å². The first-order chi connectivity index (χ1) is 7.56. The minimum absolute atomic E-state index is 0.0917. The lowest BCUT2D eigenvalue weighted by Crippen LogP contribution is -2.10. The maximum atomic E-state index is 13.1. The van der Waals surface area contributed by atoms with Crippen molar-refractivity contribution in [1.82, 2.24) is 0 Å². The van der Waals surface area contributed by atoms with Crippen molar-refractivity contribution in [2.75, 3.05) is 6.61 Å². The summed E-state index contributed by atoms with van der Waals surface area (Å²) in [6.45, 7) is 1.61. The van der Waals surface area contributed by atoms with Crippen LogP contribution in [-0.2, 0) is 4.74 Å². The number of allylic oxidation sites excluding steroid dienone is 1. The van der Waals surface area contributed by atoms with Crippen molar-refractivity contribution < 1.29 is 22.7 Å². The van der Waals surface area contributed by atoms with Crippen LogP contribution in [0.3, 0.4) is 0 Å². The molecule has 0 fully saturated rings. The van der Waals surface area contributed by atoms with Crippen molar-refractivity contribution in [3.63, 3.8) is 0 Å². The van der Waals surface area contributed by atoms with Crippen LogP contribution in [0.4, 0.5) is 13.2 Å². The highest BCUT2D eigenvalue weighted by Gasteiger charge is 2.19. The van der Waals surface area contributed by atoms with Crippen molar-refractivity contribution in [3.8, 4) is 0 Å². The van der Waals surface area contributed by atoms with Crippen LogP contribution in [0.5, 0.6) is 0 Å². The van der Waals surface area contributed by atoms with Crippen molar-refractivity contribution in [2.45, 2.75) is 6.92 Å². The van der Waals surface area contributed by atoms with Gasteiger partial charge in [-0.2, -0.15) is 0 Å². The lowest BCUT2D eigenvalue weighted by Gasteiger charge is -2.04. The first-order valence-electron chi connectivity index (χ1n) is 4.49. The maximum Gasteiger partial charge on any atom is 0.344 e. The van der Waals surface area contributed by atoms with Crippen molar-refractivity contribution in [2.24, 2.45) is 0 Å². The van der Waals surface area contributed by atoms with Crippen molar-refractivity contribution in [1.29, 1.82) is 0 Å². The van der Waals surface area contributed by atoms with Gasteiger partial charge in [-0.25, -0.2) is 18.0 Å². The average Bonchev–Trinajstić information content (AvgIpc) is 2.16. The molecule has 0 atom stereocenters. The highest BCUT2D eigenvalue weighted by molar-refractivity contribution is 5.90. The van der Waals surface area contributed by atoms with E-state index in [9.17, 15) is 18.0 Å². The van der Waals surface area contributed by atoms with Gasteiger partial charge in [-0.3, -0.25) is 0 Å². The highest BCUT2D eigenvalue weighted by Crippen LogP contribution is 2.15. The average molecular weight is 230 g/mol. The number of carbonyl (C=O) groups excluding carboxylic acids is 1. The lowest BCUT2D eigenvalue weighted by molar-refractivity contribution is 0.0538. The third kappa shape index (κ3) is 2.85. The molecule has 1 aromatic rings. The fourth-order valence-corrected chi connectivity index (χ4v) is 1.03. The fraction of sp³-hybridized carbons (Fsp3) is 0.182. The second-order valence-corrected chi connectivity index (χ2v) is 2.91. The number of benzene rings is 1. The Bertz CT molecular complexity index is 404. The van der Waals surface area contributed by atoms with Gasteiger partial charge >= 0.3 is 5.97 Å². The van der Waals surface area contributed by atoms with Crippen LogP contribution in [0.15, 0.2) is 24.3 Å². The molecule has 0 heterocycles. The summed E-state index contributed by atoms with van der Waals surface area (Å²) < 4.78 is 43.2. The molecule has 0 aromatic heterocycles. The largest absolute Gasteiger partial charge is 0.458 e. The van der Waals surface area contributed by atoms with Crippen molar-refractivity contribution >= 4 is 5.97 Å². The molecule has 0 amide bonds. The topological polar surface area (TPSA) is 26.3 Å². The van der Waals surface area contributed by atoms with Crippen LogP contribution >= 0.6 is 0 Å². The van der Waals surface area contributed by atoms with Gasteiger partial charge in [0.05, 0.1) is 0 Å². The predicted molar refractivity (Wildman–Crippen MR) is 51.4 cm³/mol. The van der Waals surface area contributed by atoms with Crippen molar-refractivity contribution in [3.05, 3.63) is 47.3 Å². The zero-order chi connectivity index (χ0) is 12.1. The molecule has 0 radical (unpaired) electrons. The summed E-state index contributed by atoms with van der Waals surface area (Å²) in [4.78, 5) is 11.2. The molecule has 0 N–H and O–H groups in total. The molecule has 0 saturated heterocycles. The third-order valence-electron chi connectivity index (χ3n) is 1.76. The zero-order valence-corrected chi connectivity index (χ0v) is 8.47. The van der Waals surface area contributed by atoms with Gasteiger partial charge in [0.2, 0.25) is 0 Å². The Labute approximate surface area is 90.3 Å². The van der Waals surface area contributed by atoms with E-state index in [1.54, 1.807) is 13.0 Å². The number of ether oxygens (including phenoxy) is 1. The Morgan fingerprint density at radius 1 is 1.31 bits per heavy atom. The standard InChI is InChI=1S/C11H9F3O2/c1-2-3-4-16-11(15)10-8(13)5-7(12)6-9(10)14/h2-3,5-6H,4H2,1H3. The molecule has 1 aromatic carbocycles. The number of hydrogen-bond acceptors (Lipinski definition) is 2. The first-order valence-corrected chi connectivity index (χ1v) is 4.49. The smallest absolute Gasteiger partial charge is 0.344 e. The van der Waals surface area contributed by atoms with E-state index in [0.717, 1.165) is 0 Å². The third-order valence-corrected chi connectivity index (χ3v) is 1.76.